The van der Waals surface area contributed by atoms with Crippen LogP contribution in [0.5, 0.6) is 0 Å². The van der Waals surface area contributed by atoms with Gasteiger partial charge in [-0.25, -0.2) is 0 Å². The van der Waals surface area contributed by atoms with Gasteiger partial charge in [0.2, 0.25) is 5.91 Å². The van der Waals surface area contributed by atoms with E-state index in [1.54, 1.807) is 0 Å². The Labute approximate surface area is 155 Å². The smallest absolute Gasteiger partial charge is 0.225 e. The van der Waals surface area contributed by atoms with Gasteiger partial charge in [0.25, 0.3) is 0 Å². The minimum Gasteiger partial charge on any atom is -0.381 e. The van der Waals surface area contributed by atoms with Crippen molar-refractivity contribution in [1.29, 1.82) is 0 Å². The van der Waals surface area contributed by atoms with Crippen molar-refractivity contribution in [2.24, 2.45) is 13.0 Å². The first-order chi connectivity index (χ1) is 12.7. The Morgan fingerprint density at radius 2 is 1.85 bits per heavy atom. The van der Waals surface area contributed by atoms with E-state index >= 15 is 0 Å². The maximum absolute atomic E-state index is 12.9. The lowest BCUT2D eigenvalue weighted by atomic mass is 9.93. The molecule has 0 radical (unpaired) electrons. The summed E-state index contributed by atoms with van der Waals surface area (Å²) in [5, 5.41) is 8.98. The fourth-order valence-corrected chi connectivity index (χ4v) is 4.60. The number of carbonyl (C=O) groups is 1. The van der Waals surface area contributed by atoms with Crippen LogP contribution in [0.15, 0.2) is 0 Å². The number of hydrogen-bond acceptors (Lipinski definition) is 5. The van der Waals surface area contributed by atoms with Crippen LogP contribution in [-0.2, 0) is 23.1 Å². The van der Waals surface area contributed by atoms with Crippen molar-refractivity contribution in [3.8, 4) is 0 Å². The number of carbonyl (C=O) groups excluding carboxylic acids is 1. The molecule has 1 aromatic rings. The molecule has 0 saturated carbocycles. The van der Waals surface area contributed by atoms with E-state index in [-0.39, 0.29) is 5.92 Å². The van der Waals surface area contributed by atoms with Crippen LogP contribution >= 0.6 is 0 Å². The third-order valence-electron chi connectivity index (χ3n) is 6.23. The van der Waals surface area contributed by atoms with E-state index in [0.717, 1.165) is 70.2 Å². The normalized spacial score (nSPS) is 25.7. The number of aromatic nitrogens is 3. The summed E-state index contributed by atoms with van der Waals surface area (Å²) in [5.41, 5.74) is 0. The second-order valence-electron chi connectivity index (χ2n) is 8.03. The standard InChI is InChI=1S/C19H31N5O2/c1-22-17(14-23-8-2-3-9-23)20-21-18(22)16-5-4-10-24(13-16)19(25)15-6-11-26-12-7-15/h15-16H,2-14H2,1H3. The Morgan fingerprint density at radius 3 is 2.62 bits per heavy atom. The molecule has 3 aliphatic rings. The van der Waals surface area contributed by atoms with Crippen LogP contribution in [0.4, 0.5) is 0 Å². The molecule has 0 N–H and O–H groups in total. The van der Waals surface area contributed by atoms with Crippen molar-refractivity contribution >= 4 is 5.91 Å². The Balaban J connectivity index is 1.41. The van der Waals surface area contributed by atoms with Gasteiger partial charge in [-0.15, -0.1) is 10.2 Å². The van der Waals surface area contributed by atoms with Gasteiger partial charge < -0.3 is 14.2 Å². The van der Waals surface area contributed by atoms with E-state index in [4.69, 9.17) is 4.74 Å². The van der Waals surface area contributed by atoms with Gasteiger partial charge in [0, 0.05) is 45.2 Å². The third-order valence-corrected chi connectivity index (χ3v) is 6.23. The maximum Gasteiger partial charge on any atom is 0.225 e. The van der Waals surface area contributed by atoms with Crippen molar-refractivity contribution in [3.05, 3.63) is 11.6 Å². The molecule has 0 bridgehead atoms. The van der Waals surface area contributed by atoms with Gasteiger partial charge in [-0.1, -0.05) is 0 Å². The molecule has 0 aromatic carbocycles. The fourth-order valence-electron chi connectivity index (χ4n) is 4.60. The highest BCUT2D eigenvalue weighted by Gasteiger charge is 2.32. The summed E-state index contributed by atoms with van der Waals surface area (Å²) in [5.74, 6) is 2.86. The zero-order valence-electron chi connectivity index (χ0n) is 15.9. The molecular weight excluding hydrogens is 330 g/mol. The summed E-state index contributed by atoms with van der Waals surface area (Å²) in [4.78, 5) is 17.4. The molecule has 4 heterocycles. The molecule has 7 heteroatoms. The van der Waals surface area contributed by atoms with E-state index in [9.17, 15) is 4.79 Å². The molecule has 4 rings (SSSR count). The van der Waals surface area contributed by atoms with Crippen LogP contribution in [0.2, 0.25) is 0 Å². The molecule has 1 aromatic heterocycles. The summed E-state index contributed by atoms with van der Waals surface area (Å²) in [6, 6.07) is 0. The second-order valence-corrected chi connectivity index (χ2v) is 8.03. The SMILES string of the molecule is Cn1c(CN2CCCC2)nnc1C1CCCN(C(=O)C2CCOCC2)C1. The summed E-state index contributed by atoms with van der Waals surface area (Å²) < 4.78 is 7.58. The highest BCUT2D eigenvalue weighted by Crippen LogP contribution is 2.28. The average Bonchev–Trinajstić information content (AvgIpc) is 3.33. The molecule has 7 nitrogen and oxygen atoms in total. The van der Waals surface area contributed by atoms with Gasteiger partial charge in [0.15, 0.2) is 0 Å². The molecule has 0 spiro atoms. The first-order valence-electron chi connectivity index (χ1n) is 10.2. The van der Waals surface area contributed by atoms with Crippen molar-refractivity contribution in [2.45, 2.75) is 51.0 Å². The lowest BCUT2D eigenvalue weighted by molar-refractivity contribution is -0.139. The van der Waals surface area contributed by atoms with Crippen molar-refractivity contribution < 1.29 is 9.53 Å². The minimum absolute atomic E-state index is 0.146. The number of piperidine rings is 1. The molecule has 0 aliphatic carbocycles. The van der Waals surface area contributed by atoms with E-state index in [0.29, 0.717) is 11.8 Å². The molecule has 3 aliphatic heterocycles. The predicted molar refractivity (Wildman–Crippen MR) is 97.6 cm³/mol. The number of nitrogens with zero attached hydrogens (tertiary/aromatic N) is 5. The molecule has 144 valence electrons. The average molecular weight is 361 g/mol. The number of rotatable bonds is 4. The van der Waals surface area contributed by atoms with Gasteiger partial charge in [0.05, 0.1) is 6.54 Å². The highest BCUT2D eigenvalue weighted by molar-refractivity contribution is 5.79. The molecule has 1 amide bonds. The number of amides is 1. The van der Waals surface area contributed by atoms with Crippen LogP contribution in [-0.4, -0.2) is 69.9 Å². The molecule has 3 fully saturated rings. The van der Waals surface area contributed by atoms with Crippen LogP contribution in [0.25, 0.3) is 0 Å². The Hall–Kier alpha value is -1.47. The lowest BCUT2D eigenvalue weighted by Crippen LogP contribution is -2.44. The van der Waals surface area contributed by atoms with Crippen molar-refractivity contribution in [2.75, 3.05) is 39.4 Å². The highest BCUT2D eigenvalue weighted by atomic mass is 16.5. The third kappa shape index (κ3) is 3.78. The lowest BCUT2D eigenvalue weighted by Gasteiger charge is -2.35. The molecule has 1 unspecified atom stereocenters. The first-order valence-corrected chi connectivity index (χ1v) is 10.2. The van der Waals surface area contributed by atoms with Crippen LogP contribution < -0.4 is 0 Å². The maximum atomic E-state index is 12.9. The van der Waals surface area contributed by atoms with Crippen molar-refractivity contribution in [1.82, 2.24) is 24.6 Å². The fraction of sp³-hybridized carbons (Fsp3) is 0.842. The van der Waals surface area contributed by atoms with Crippen LogP contribution in [0.1, 0.15) is 56.1 Å². The number of ether oxygens (including phenoxy) is 1. The zero-order chi connectivity index (χ0) is 17.9. The molecule has 26 heavy (non-hydrogen) atoms. The number of likely N-dealkylation sites (tertiary alicyclic amines) is 2. The number of hydrogen-bond donors (Lipinski definition) is 0. The van der Waals surface area contributed by atoms with E-state index in [2.05, 4.69) is 31.6 Å². The Morgan fingerprint density at radius 1 is 1.08 bits per heavy atom. The zero-order valence-corrected chi connectivity index (χ0v) is 15.9. The monoisotopic (exact) mass is 361 g/mol. The van der Waals surface area contributed by atoms with E-state index in [1.165, 1.54) is 25.9 Å². The van der Waals surface area contributed by atoms with E-state index < -0.39 is 0 Å². The second kappa shape index (κ2) is 8.05. The summed E-state index contributed by atoms with van der Waals surface area (Å²) in [7, 11) is 2.08. The van der Waals surface area contributed by atoms with Gasteiger partial charge in [-0.05, 0) is 51.6 Å². The quantitative estimate of drug-likeness (QED) is 0.814. The largest absolute Gasteiger partial charge is 0.381 e. The van der Waals surface area contributed by atoms with Gasteiger partial charge >= 0.3 is 0 Å². The first kappa shape index (κ1) is 17.9. The van der Waals surface area contributed by atoms with Crippen LogP contribution in [0.3, 0.4) is 0 Å². The molecule has 1 atom stereocenters. The van der Waals surface area contributed by atoms with Gasteiger partial charge in [0.1, 0.15) is 11.6 Å². The summed E-state index contributed by atoms with van der Waals surface area (Å²) >= 11 is 0. The molecule has 3 saturated heterocycles. The van der Waals surface area contributed by atoms with Crippen LogP contribution in [0, 0.1) is 5.92 Å². The summed E-state index contributed by atoms with van der Waals surface area (Å²) in [6.07, 6.45) is 6.45. The predicted octanol–water partition coefficient (Wildman–Crippen LogP) is 1.54. The summed E-state index contributed by atoms with van der Waals surface area (Å²) in [6.45, 7) is 6.32. The van der Waals surface area contributed by atoms with Crippen molar-refractivity contribution in [3.63, 3.8) is 0 Å². The van der Waals surface area contributed by atoms with Gasteiger partial charge in [-0.2, -0.15) is 0 Å². The topological polar surface area (TPSA) is 63.5 Å². The Bertz CT molecular complexity index is 619. The van der Waals surface area contributed by atoms with E-state index in [1.807, 2.05) is 0 Å². The molecular formula is C19H31N5O2. The van der Waals surface area contributed by atoms with Gasteiger partial charge in [-0.3, -0.25) is 9.69 Å². The Kier molecular flexibility index (Phi) is 5.55. The minimum atomic E-state index is 0.146.